The van der Waals surface area contributed by atoms with Crippen LogP contribution in [0.5, 0.6) is 6.01 Å². The molecule has 1 aliphatic carbocycles. The lowest BCUT2D eigenvalue weighted by atomic mass is 9.99. The van der Waals surface area contributed by atoms with Crippen molar-refractivity contribution in [1.82, 2.24) is 14.3 Å². The molecule has 1 aliphatic heterocycles. The molecule has 1 saturated heterocycles. The van der Waals surface area contributed by atoms with Crippen LogP contribution in [0.3, 0.4) is 0 Å². The molecule has 21 heavy (non-hydrogen) atoms. The van der Waals surface area contributed by atoms with Crippen LogP contribution >= 0.6 is 15.9 Å². The Balaban J connectivity index is 1.46. The topological polar surface area (TPSA) is 72.4 Å². The average molecular weight is 376 g/mol. The van der Waals surface area contributed by atoms with Gasteiger partial charge in [0.1, 0.15) is 0 Å². The average Bonchev–Trinajstić information content (AvgIpc) is 3.32. The number of sulfonamides is 1. The van der Waals surface area contributed by atoms with Crippen molar-refractivity contribution >= 4 is 26.0 Å². The van der Waals surface area contributed by atoms with Crippen LogP contribution in [0.1, 0.15) is 25.7 Å². The molecular weight excluding hydrogens is 358 g/mol. The first-order valence-corrected chi connectivity index (χ1v) is 9.44. The monoisotopic (exact) mass is 375 g/mol. The van der Waals surface area contributed by atoms with E-state index in [0.29, 0.717) is 31.6 Å². The minimum Gasteiger partial charge on any atom is -0.463 e. The van der Waals surface area contributed by atoms with E-state index in [0.717, 1.165) is 30.2 Å². The zero-order valence-electron chi connectivity index (χ0n) is 11.6. The summed E-state index contributed by atoms with van der Waals surface area (Å²) < 4.78 is 32.3. The standard InChI is InChI=1S/C13H18BrN3O3S/c14-11-7-15-13(16-8-11)20-9-10-3-5-17(6-4-10)21(18,19)12-1-2-12/h7-8,10,12H,1-6,9H2. The highest BCUT2D eigenvalue weighted by molar-refractivity contribution is 9.10. The molecule has 0 atom stereocenters. The third kappa shape index (κ3) is 3.73. The Morgan fingerprint density at radius 2 is 1.81 bits per heavy atom. The lowest BCUT2D eigenvalue weighted by Gasteiger charge is -2.30. The van der Waals surface area contributed by atoms with Gasteiger partial charge in [0, 0.05) is 25.5 Å². The summed E-state index contributed by atoms with van der Waals surface area (Å²) in [6.45, 7) is 1.75. The second kappa shape index (κ2) is 6.18. The molecule has 0 N–H and O–H groups in total. The maximum Gasteiger partial charge on any atom is 0.316 e. The Morgan fingerprint density at radius 1 is 1.19 bits per heavy atom. The minimum atomic E-state index is -3.02. The van der Waals surface area contributed by atoms with Crippen molar-refractivity contribution in [2.24, 2.45) is 5.92 Å². The number of rotatable bonds is 5. The molecule has 3 rings (SSSR count). The molecule has 2 fully saturated rings. The molecule has 1 aromatic heterocycles. The fourth-order valence-electron chi connectivity index (χ4n) is 2.47. The first kappa shape index (κ1) is 15.2. The van der Waals surface area contributed by atoms with Gasteiger partial charge in [-0.2, -0.15) is 0 Å². The highest BCUT2D eigenvalue weighted by Gasteiger charge is 2.41. The minimum absolute atomic E-state index is 0.110. The lowest BCUT2D eigenvalue weighted by Crippen LogP contribution is -2.41. The van der Waals surface area contributed by atoms with Gasteiger partial charge in [-0.05, 0) is 47.5 Å². The van der Waals surface area contributed by atoms with Gasteiger partial charge in [0.15, 0.2) is 0 Å². The van der Waals surface area contributed by atoms with Crippen molar-refractivity contribution in [3.8, 4) is 6.01 Å². The quantitative estimate of drug-likeness (QED) is 0.784. The highest BCUT2D eigenvalue weighted by atomic mass is 79.9. The van der Waals surface area contributed by atoms with E-state index in [1.165, 1.54) is 0 Å². The summed E-state index contributed by atoms with van der Waals surface area (Å²) in [7, 11) is -3.02. The Morgan fingerprint density at radius 3 is 2.38 bits per heavy atom. The van der Waals surface area contributed by atoms with Crippen molar-refractivity contribution in [3.63, 3.8) is 0 Å². The fraction of sp³-hybridized carbons (Fsp3) is 0.692. The smallest absolute Gasteiger partial charge is 0.316 e. The van der Waals surface area contributed by atoms with Gasteiger partial charge in [-0.25, -0.2) is 22.7 Å². The third-order valence-electron chi connectivity index (χ3n) is 3.92. The first-order valence-electron chi connectivity index (χ1n) is 7.15. The molecule has 6 nitrogen and oxygen atoms in total. The normalized spacial score (nSPS) is 21.4. The maximum atomic E-state index is 12.1. The summed E-state index contributed by atoms with van der Waals surface area (Å²) >= 11 is 3.27. The van der Waals surface area contributed by atoms with Crippen LogP contribution in [0.2, 0.25) is 0 Å². The van der Waals surface area contributed by atoms with Gasteiger partial charge in [-0.15, -0.1) is 0 Å². The van der Waals surface area contributed by atoms with E-state index in [-0.39, 0.29) is 5.25 Å². The molecule has 0 radical (unpaired) electrons. The molecular formula is C13H18BrN3O3S. The van der Waals surface area contributed by atoms with Gasteiger partial charge in [-0.3, -0.25) is 0 Å². The molecule has 1 aromatic rings. The van der Waals surface area contributed by atoms with Crippen molar-refractivity contribution < 1.29 is 13.2 Å². The zero-order chi connectivity index (χ0) is 14.9. The molecule has 0 bridgehead atoms. The van der Waals surface area contributed by atoms with E-state index < -0.39 is 10.0 Å². The zero-order valence-corrected chi connectivity index (χ0v) is 14.0. The number of piperidine rings is 1. The molecule has 2 heterocycles. The summed E-state index contributed by atoms with van der Waals surface area (Å²) in [6, 6.07) is 0.367. The Labute approximate surface area is 133 Å². The number of ether oxygens (including phenoxy) is 1. The van der Waals surface area contributed by atoms with Crippen LogP contribution < -0.4 is 4.74 Å². The predicted molar refractivity (Wildman–Crippen MR) is 81.5 cm³/mol. The van der Waals surface area contributed by atoms with Gasteiger partial charge >= 0.3 is 6.01 Å². The van der Waals surface area contributed by atoms with Gasteiger partial charge in [0.2, 0.25) is 10.0 Å². The van der Waals surface area contributed by atoms with Crippen LogP contribution in [0.25, 0.3) is 0 Å². The molecule has 1 saturated carbocycles. The molecule has 116 valence electrons. The Kier molecular flexibility index (Phi) is 4.46. The van der Waals surface area contributed by atoms with Crippen LogP contribution in [-0.2, 0) is 10.0 Å². The van der Waals surface area contributed by atoms with E-state index in [2.05, 4.69) is 25.9 Å². The number of hydrogen-bond acceptors (Lipinski definition) is 5. The van der Waals surface area contributed by atoms with Crippen molar-refractivity contribution in [2.45, 2.75) is 30.9 Å². The van der Waals surface area contributed by atoms with Gasteiger partial charge in [0.05, 0.1) is 16.3 Å². The van der Waals surface area contributed by atoms with Crippen LogP contribution in [-0.4, -0.2) is 47.6 Å². The summed E-state index contributed by atoms with van der Waals surface area (Å²) in [5, 5.41) is -0.110. The van der Waals surface area contributed by atoms with Crippen molar-refractivity contribution in [1.29, 1.82) is 0 Å². The van der Waals surface area contributed by atoms with Gasteiger partial charge in [-0.1, -0.05) is 0 Å². The van der Waals surface area contributed by atoms with Crippen LogP contribution in [0.15, 0.2) is 16.9 Å². The van der Waals surface area contributed by atoms with E-state index in [9.17, 15) is 8.42 Å². The Hall–Kier alpha value is -0.730. The van der Waals surface area contributed by atoms with E-state index >= 15 is 0 Å². The Bertz CT molecular complexity index is 581. The van der Waals surface area contributed by atoms with Gasteiger partial charge < -0.3 is 4.74 Å². The second-order valence-corrected chi connectivity index (χ2v) is 8.71. The fourth-order valence-corrected chi connectivity index (χ4v) is 4.55. The number of nitrogens with zero attached hydrogens (tertiary/aromatic N) is 3. The molecule has 0 amide bonds. The third-order valence-corrected chi connectivity index (χ3v) is 6.73. The molecule has 8 heteroatoms. The van der Waals surface area contributed by atoms with Crippen LogP contribution in [0.4, 0.5) is 0 Å². The second-order valence-electron chi connectivity index (χ2n) is 5.58. The number of aromatic nitrogens is 2. The lowest BCUT2D eigenvalue weighted by molar-refractivity contribution is 0.176. The summed E-state index contributed by atoms with van der Waals surface area (Å²) in [5.41, 5.74) is 0. The molecule has 0 spiro atoms. The van der Waals surface area contributed by atoms with E-state index in [4.69, 9.17) is 4.74 Å². The van der Waals surface area contributed by atoms with Crippen molar-refractivity contribution in [3.05, 3.63) is 16.9 Å². The molecule has 0 unspecified atom stereocenters. The van der Waals surface area contributed by atoms with E-state index in [1.807, 2.05) is 0 Å². The van der Waals surface area contributed by atoms with E-state index in [1.54, 1.807) is 16.7 Å². The largest absolute Gasteiger partial charge is 0.463 e. The number of hydrogen-bond donors (Lipinski definition) is 0. The summed E-state index contributed by atoms with van der Waals surface area (Å²) in [5.74, 6) is 0.364. The number of halogens is 1. The van der Waals surface area contributed by atoms with Crippen LogP contribution in [0, 0.1) is 5.92 Å². The molecule has 2 aliphatic rings. The van der Waals surface area contributed by atoms with Gasteiger partial charge in [0.25, 0.3) is 0 Å². The molecule has 0 aromatic carbocycles. The van der Waals surface area contributed by atoms with Crippen molar-refractivity contribution in [2.75, 3.05) is 19.7 Å². The SMILES string of the molecule is O=S(=O)(C1CC1)N1CCC(COc2ncc(Br)cn2)CC1. The predicted octanol–water partition coefficient (Wildman–Crippen LogP) is 1.82. The summed E-state index contributed by atoms with van der Waals surface area (Å²) in [6.07, 6.45) is 6.61. The maximum absolute atomic E-state index is 12.1. The first-order chi connectivity index (χ1) is 10.1. The summed E-state index contributed by atoms with van der Waals surface area (Å²) in [4.78, 5) is 8.12. The highest BCUT2D eigenvalue weighted by Crippen LogP contribution is 2.33.